The summed E-state index contributed by atoms with van der Waals surface area (Å²) >= 11 is 1.85. The first kappa shape index (κ1) is 14.8. The number of aromatic nitrogens is 1. The zero-order chi connectivity index (χ0) is 13.8. The molecule has 0 radical (unpaired) electrons. The summed E-state index contributed by atoms with van der Waals surface area (Å²) < 4.78 is 0. The van der Waals surface area contributed by atoms with Gasteiger partial charge in [0.05, 0.1) is 0 Å². The van der Waals surface area contributed by atoms with Crippen LogP contribution in [0.15, 0.2) is 6.20 Å². The summed E-state index contributed by atoms with van der Waals surface area (Å²) in [6.45, 7) is 12.3. The molecule has 0 atom stereocenters. The molecule has 0 saturated heterocycles. The van der Waals surface area contributed by atoms with Gasteiger partial charge < -0.3 is 10.2 Å². The molecule has 0 spiro atoms. The topological polar surface area (TPSA) is 28.2 Å². The third kappa shape index (κ3) is 5.11. The highest BCUT2D eigenvalue weighted by Crippen LogP contribution is 2.26. The SMILES string of the molecule is CC(C)CN(CC(C)C)c1ncc(CNC2CC2)s1. The van der Waals surface area contributed by atoms with Crippen molar-refractivity contribution >= 4 is 16.5 Å². The van der Waals surface area contributed by atoms with E-state index in [0.717, 1.165) is 25.7 Å². The van der Waals surface area contributed by atoms with Crippen LogP contribution in [0.1, 0.15) is 45.4 Å². The normalized spacial score (nSPS) is 15.5. The summed E-state index contributed by atoms with van der Waals surface area (Å²) in [4.78, 5) is 8.43. The molecule has 1 aliphatic rings. The highest BCUT2D eigenvalue weighted by atomic mass is 32.1. The molecular formula is C15H27N3S. The van der Waals surface area contributed by atoms with Gasteiger partial charge in [-0.15, -0.1) is 11.3 Å². The van der Waals surface area contributed by atoms with Gasteiger partial charge in [-0.1, -0.05) is 27.7 Å². The van der Waals surface area contributed by atoms with Crippen LogP contribution in [0.3, 0.4) is 0 Å². The number of anilines is 1. The molecule has 2 rings (SSSR count). The monoisotopic (exact) mass is 281 g/mol. The van der Waals surface area contributed by atoms with Gasteiger partial charge >= 0.3 is 0 Å². The molecule has 1 N–H and O–H groups in total. The van der Waals surface area contributed by atoms with Crippen LogP contribution < -0.4 is 10.2 Å². The van der Waals surface area contributed by atoms with Crippen LogP contribution in [0.4, 0.5) is 5.13 Å². The summed E-state index contributed by atoms with van der Waals surface area (Å²) in [6, 6.07) is 0.771. The van der Waals surface area contributed by atoms with Crippen LogP contribution in [0.25, 0.3) is 0 Å². The number of hydrogen-bond donors (Lipinski definition) is 1. The molecule has 1 saturated carbocycles. The van der Waals surface area contributed by atoms with E-state index in [9.17, 15) is 0 Å². The van der Waals surface area contributed by atoms with E-state index >= 15 is 0 Å². The lowest BCUT2D eigenvalue weighted by Gasteiger charge is -2.25. The summed E-state index contributed by atoms with van der Waals surface area (Å²) in [5, 5.41) is 4.75. The van der Waals surface area contributed by atoms with Crippen LogP contribution in [0.2, 0.25) is 0 Å². The van der Waals surface area contributed by atoms with E-state index in [1.54, 1.807) is 0 Å². The minimum absolute atomic E-state index is 0.677. The molecule has 0 bridgehead atoms. The van der Waals surface area contributed by atoms with Crippen molar-refractivity contribution in [3.8, 4) is 0 Å². The predicted octanol–water partition coefficient (Wildman–Crippen LogP) is 3.51. The molecule has 1 aromatic rings. The van der Waals surface area contributed by atoms with Crippen LogP contribution in [0.5, 0.6) is 0 Å². The molecule has 0 aromatic carbocycles. The van der Waals surface area contributed by atoms with E-state index in [1.165, 1.54) is 22.9 Å². The molecule has 1 aliphatic carbocycles. The Bertz CT molecular complexity index is 372. The summed E-state index contributed by atoms with van der Waals surface area (Å²) in [6.07, 6.45) is 4.74. The lowest BCUT2D eigenvalue weighted by molar-refractivity contribution is 0.552. The average Bonchev–Trinajstić information content (AvgIpc) is 3.02. The maximum Gasteiger partial charge on any atom is 0.185 e. The van der Waals surface area contributed by atoms with Crippen LogP contribution >= 0.6 is 11.3 Å². The summed E-state index contributed by atoms with van der Waals surface area (Å²) in [5.74, 6) is 1.35. The van der Waals surface area contributed by atoms with E-state index in [-0.39, 0.29) is 0 Å². The molecular weight excluding hydrogens is 254 g/mol. The fraction of sp³-hybridized carbons (Fsp3) is 0.800. The predicted molar refractivity (Wildman–Crippen MR) is 83.9 cm³/mol. The van der Waals surface area contributed by atoms with Crippen molar-refractivity contribution in [2.45, 2.75) is 53.1 Å². The van der Waals surface area contributed by atoms with Gasteiger partial charge in [0.2, 0.25) is 0 Å². The Kier molecular flexibility index (Phi) is 5.22. The molecule has 0 aliphatic heterocycles. The molecule has 0 amide bonds. The maximum absolute atomic E-state index is 4.63. The number of thiazole rings is 1. The Balaban J connectivity index is 1.94. The first-order valence-electron chi connectivity index (χ1n) is 7.47. The standard InChI is InChI=1S/C15H27N3S/c1-11(2)9-18(10-12(3)4)15-17-8-14(19-15)7-16-13-5-6-13/h8,11-13,16H,5-7,9-10H2,1-4H3. The molecule has 0 unspecified atom stereocenters. The average molecular weight is 281 g/mol. The van der Waals surface area contributed by atoms with E-state index in [4.69, 9.17) is 0 Å². The van der Waals surface area contributed by atoms with E-state index in [0.29, 0.717) is 11.8 Å². The second-order valence-electron chi connectivity index (χ2n) is 6.46. The number of nitrogens with one attached hydrogen (secondary N) is 1. The largest absolute Gasteiger partial charge is 0.348 e. The van der Waals surface area contributed by atoms with Crippen molar-refractivity contribution in [2.24, 2.45) is 11.8 Å². The third-order valence-electron chi connectivity index (χ3n) is 3.13. The Hall–Kier alpha value is -0.610. The van der Waals surface area contributed by atoms with Gasteiger partial charge in [-0.2, -0.15) is 0 Å². The molecule has 19 heavy (non-hydrogen) atoms. The van der Waals surface area contributed by atoms with Gasteiger partial charge in [0.1, 0.15) is 0 Å². The second kappa shape index (κ2) is 6.71. The second-order valence-corrected chi connectivity index (χ2v) is 7.55. The quantitative estimate of drug-likeness (QED) is 0.790. The van der Waals surface area contributed by atoms with Gasteiger partial charge in [0.15, 0.2) is 5.13 Å². The zero-order valence-corrected chi connectivity index (χ0v) is 13.5. The molecule has 4 heteroatoms. The minimum atomic E-state index is 0.677. The number of hydrogen-bond acceptors (Lipinski definition) is 4. The van der Waals surface area contributed by atoms with Crippen molar-refractivity contribution in [1.82, 2.24) is 10.3 Å². The molecule has 3 nitrogen and oxygen atoms in total. The molecule has 1 heterocycles. The van der Waals surface area contributed by atoms with Crippen LogP contribution in [-0.4, -0.2) is 24.1 Å². The summed E-state index contributed by atoms with van der Waals surface area (Å²) in [7, 11) is 0. The highest BCUT2D eigenvalue weighted by Gasteiger charge is 2.21. The van der Waals surface area contributed by atoms with Crippen molar-refractivity contribution in [3.05, 3.63) is 11.1 Å². The van der Waals surface area contributed by atoms with Gasteiger partial charge in [-0.3, -0.25) is 0 Å². The van der Waals surface area contributed by atoms with Crippen molar-refractivity contribution in [3.63, 3.8) is 0 Å². The first-order valence-corrected chi connectivity index (χ1v) is 8.29. The first-order chi connectivity index (χ1) is 9.04. The Labute approximate surface area is 121 Å². The number of nitrogens with zero attached hydrogens (tertiary/aromatic N) is 2. The maximum atomic E-state index is 4.63. The lowest BCUT2D eigenvalue weighted by atomic mass is 10.1. The van der Waals surface area contributed by atoms with Gasteiger partial charge in [0.25, 0.3) is 0 Å². The lowest BCUT2D eigenvalue weighted by Crippen LogP contribution is -2.31. The van der Waals surface area contributed by atoms with Gasteiger partial charge in [-0.25, -0.2) is 4.98 Å². The van der Waals surface area contributed by atoms with Crippen LogP contribution in [0, 0.1) is 11.8 Å². The fourth-order valence-corrected chi connectivity index (χ4v) is 3.05. The van der Waals surface area contributed by atoms with E-state index in [1.807, 2.05) is 17.5 Å². The highest BCUT2D eigenvalue weighted by molar-refractivity contribution is 7.15. The van der Waals surface area contributed by atoms with Crippen molar-refractivity contribution < 1.29 is 0 Å². The smallest absolute Gasteiger partial charge is 0.185 e. The van der Waals surface area contributed by atoms with E-state index in [2.05, 4.69) is 42.9 Å². The molecule has 1 aromatic heterocycles. The Morgan fingerprint density at radius 3 is 2.42 bits per heavy atom. The van der Waals surface area contributed by atoms with E-state index < -0.39 is 0 Å². The summed E-state index contributed by atoms with van der Waals surface area (Å²) in [5.41, 5.74) is 0. The zero-order valence-electron chi connectivity index (χ0n) is 12.6. The van der Waals surface area contributed by atoms with Crippen molar-refractivity contribution in [2.75, 3.05) is 18.0 Å². The Morgan fingerprint density at radius 2 is 1.89 bits per heavy atom. The van der Waals surface area contributed by atoms with Crippen LogP contribution in [-0.2, 0) is 6.54 Å². The minimum Gasteiger partial charge on any atom is -0.348 e. The van der Waals surface area contributed by atoms with Gasteiger partial charge in [-0.05, 0) is 24.7 Å². The van der Waals surface area contributed by atoms with Gasteiger partial charge in [0, 0.05) is 36.8 Å². The molecule has 108 valence electrons. The third-order valence-corrected chi connectivity index (χ3v) is 4.18. The Morgan fingerprint density at radius 1 is 1.26 bits per heavy atom. The van der Waals surface area contributed by atoms with Crippen molar-refractivity contribution in [1.29, 1.82) is 0 Å². The number of rotatable bonds is 8. The fourth-order valence-electron chi connectivity index (χ4n) is 2.17. The molecule has 1 fully saturated rings.